The number of hydrogen-bond acceptors (Lipinski definition) is 5. The maximum Gasteiger partial charge on any atom is 0.330 e. The Kier molecular flexibility index (Phi) is 1.63. The summed E-state index contributed by atoms with van der Waals surface area (Å²) in [5.74, 6) is 0.252. The minimum atomic E-state index is -1.05. The topological polar surface area (TPSA) is 78.4 Å². The third-order valence-corrected chi connectivity index (χ3v) is 2.42. The molecule has 2 rings (SSSR count). The maximum absolute atomic E-state index is 11.4. The molecule has 0 saturated heterocycles. The lowest BCUT2D eigenvalue weighted by Crippen LogP contribution is -2.43. The number of nitrogens with two attached hydrogens (primary N) is 1. The molecule has 0 saturated carbocycles. The van der Waals surface area contributed by atoms with Gasteiger partial charge in [0.1, 0.15) is 11.3 Å². The number of esters is 1. The number of carbonyl (C=O) groups is 1. The van der Waals surface area contributed by atoms with Gasteiger partial charge < -0.3 is 15.0 Å². The van der Waals surface area contributed by atoms with Crippen molar-refractivity contribution >= 4 is 5.97 Å². The Bertz CT molecular complexity index is 347. The SMILES string of the molecule is COC(=O)C1(N)CCc2oncc21. The molecule has 1 aliphatic rings. The predicted octanol–water partition coefficient (Wildman–Crippen LogP) is -0.0522. The van der Waals surface area contributed by atoms with Gasteiger partial charge in [-0.3, -0.25) is 0 Å². The van der Waals surface area contributed by atoms with Crippen LogP contribution in [0.5, 0.6) is 0 Å². The number of hydrogen-bond donors (Lipinski definition) is 1. The van der Waals surface area contributed by atoms with Crippen molar-refractivity contribution in [1.82, 2.24) is 5.16 Å². The second kappa shape index (κ2) is 2.56. The van der Waals surface area contributed by atoms with Crippen LogP contribution < -0.4 is 5.73 Å². The summed E-state index contributed by atoms with van der Waals surface area (Å²) in [6.45, 7) is 0. The molecule has 0 spiro atoms. The van der Waals surface area contributed by atoms with Gasteiger partial charge in [0.25, 0.3) is 0 Å². The zero-order chi connectivity index (χ0) is 9.47. The number of methoxy groups -OCH3 is 1. The predicted molar refractivity (Wildman–Crippen MR) is 42.7 cm³/mol. The van der Waals surface area contributed by atoms with Crippen molar-refractivity contribution < 1.29 is 14.1 Å². The summed E-state index contributed by atoms with van der Waals surface area (Å²) in [5.41, 5.74) is 5.50. The van der Waals surface area contributed by atoms with Crippen LogP contribution in [-0.4, -0.2) is 18.2 Å². The van der Waals surface area contributed by atoms with Crippen molar-refractivity contribution in [1.29, 1.82) is 0 Å². The Morgan fingerprint density at radius 2 is 2.62 bits per heavy atom. The van der Waals surface area contributed by atoms with E-state index < -0.39 is 11.5 Å². The molecule has 2 N–H and O–H groups in total. The molecule has 5 nitrogen and oxygen atoms in total. The van der Waals surface area contributed by atoms with Crippen molar-refractivity contribution in [3.63, 3.8) is 0 Å². The number of aryl methyl sites for hydroxylation is 1. The molecule has 0 bridgehead atoms. The highest BCUT2D eigenvalue weighted by Gasteiger charge is 2.45. The van der Waals surface area contributed by atoms with Crippen molar-refractivity contribution in [2.24, 2.45) is 5.73 Å². The summed E-state index contributed by atoms with van der Waals surface area (Å²) in [6, 6.07) is 0. The van der Waals surface area contributed by atoms with E-state index in [2.05, 4.69) is 9.89 Å². The van der Waals surface area contributed by atoms with Crippen LogP contribution in [0.1, 0.15) is 17.7 Å². The molecule has 1 atom stereocenters. The lowest BCUT2D eigenvalue weighted by molar-refractivity contribution is -0.147. The first-order chi connectivity index (χ1) is 6.18. The minimum absolute atomic E-state index is 0.436. The van der Waals surface area contributed by atoms with E-state index in [-0.39, 0.29) is 0 Å². The summed E-state index contributed by atoms with van der Waals surface area (Å²) >= 11 is 0. The zero-order valence-electron chi connectivity index (χ0n) is 7.24. The molecule has 1 aromatic heterocycles. The first kappa shape index (κ1) is 8.25. The van der Waals surface area contributed by atoms with Gasteiger partial charge >= 0.3 is 5.97 Å². The van der Waals surface area contributed by atoms with E-state index in [1.807, 2.05) is 0 Å². The Morgan fingerprint density at radius 1 is 1.85 bits per heavy atom. The molecule has 1 aliphatic carbocycles. The summed E-state index contributed by atoms with van der Waals surface area (Å²) in [6.07, 6.45) is 2.65. The highest BCUT2D eigenvalue weighted by atomic mass is 16.5. The standard InChI is InChI=1S/C8H10N2O3/c1-12-7(11)8(9)3-2-6-5(8)4-10-13-6/h4H,2-3,9H2,1H3. The monoisotopic (exact) mass is 182 g/mol. The fraction of sp³-hybridized carbons (Fsp3) is 0.500. The number of aromatic nitrogens is 1. The average molecular weight is 182 g/mol. The largest absolute Gasteiger partial charge is 0.467 e. The number of rotatable bonds is 1. The number of carbonyl (C=O) groups excluding carboxylic acids is 1. The summed E-state index contributed by atoms with van der Waals surface area (Å²) < 4.78 is 9.56. The van der Waals surface area contributed by atoms with E-state index >= 15 is 0 Å². The highest BCUT2D eigenvalue weighted by Crippen LogP contribution is 2.35. The maximum atomic E-state index is 11.4. The molecule has 0 aromatic carbocycles. The summed E-state index contributed by atoms with van der Waals surface area (Å²) in [4.78, 5) is 11.4. The van der Waals surface area contributed by atoms with Gasteiger partial charge in [-0.05, 0) is 6.42 Å². The molecule has 1 unspecified atom stereocenters. The fourth-order valence-electron chi connectivity index (χ4n) is 1.65. The molecule has 0 amide bonds. The van der Waals surface area contributed by atoms with Crippen LogP contribution in [0, 0.1) is 0 Å². The van der Waals surface area contributed by atoms with Crippen LogP contribution in [0.2, 0.25) is 0 Å². The molecule has 5 heteroatoms. The van der Waals surface area contributed by atoms with E-state index in [9.17, 15) is 4.79 Å². The van der Waals surface area contributed by atoms with E-state index in [4.69, 9.17) is 10.3 Å². The molecule has 13 heavy (non-hydrogen) atoms. The number of ether oxygens (including phenoxy) is 1. The third-order valence-electron chi connectivity index (χ3n) is 2.42. The molecule has 0 radical (unpaired) electrons. The van der Waals surface area contributed by atoms with Gasteiger partial charge in [-0.1, -0.05) is 5.16 Å². The number of nitrogens with zero attached hydrogens (tertiary/aromatic N) is 1. The second-order valence-electron chi connectivity index (χ2n) is 3.13. The van der Waals surface area contributed by atoms with Gasteiger partial charge in [0.15, 0.2) is 0 Å². The van der Waals surface area contributed by atoms with Gasteiger partial charge in [0.05, 0.1) is 13.3 Å². The third kappa shape index (κ3) is 0.968. The normalized spacial score (nSPS) is 25.7. The first-order valence-electron chi connectivity index (χ1n) is 4.00. The van der Waals surface area contributed by atoms with E-state index in [1.165, 1.54) is 13.3 Å². The smallest absolute Gasteiger partial charge is 0.330 e. The second-order valence-corrected chi connectivity index (χ2v) is 3.13. The summed E-state index contributed by atoms with van der Waals surface area (Å²) in [7, 11) is 1.32. The van der Waals surface area contributed by atoms with Crippen molar-refractivity contribution in [2.45, 2.75) is 18.4 Å². The Labute approximate surface area is 74.8 Å². The van der Waals surface area contributed by atoms with Gasteiger partial charge in [-0.2, -0.15) is 0 Å². The van der Waals surface area contributed by atoms with E-state index in [1.54, 1.807) is 0 Å². The van der Waals surface area contributed by atoms with Gasteiger partial charge in [-0.25, -0.2) is 4.79 Å². The van der Waals surface area contributed by atoms with Crippen LogP contribution >= 0.6 is 0 Å². The van der Waals surface area contributed by atoms with Gasteiger partial charge in [0.2, 0.25) is 0 Å². The zero-order valence-corrected chi connectivity index (χ0v) is 7.24. The van der Waals surface area contributed by atoms with Crippen LogP contribution in [0.4, 0.5) is 0 Å². The average Bonchev–Trinajstić information content (AvgIpc) is 2.69. The van der Waals surface area contributed by atoms with Crippen LogP contribution in [0.3, 0.4) is 0 Å². The number of fused-ring (bicyclic) bond motifs is 1. The molecule has 1 heterocycles. The van der Waals surface area contributed by atoms with Crippen LogP contribution in [0.25, 0.3) is 0 Å². The van der Waals surface area contributed by atoms with Crippen LogP contribution in [0.15, 0.2) is 10.7 Å². The van der Waals surface area contributed by atoms with Crippen molar-refractivity contribution in [2.75, 3.05) is 7.11 Å². The molecule has 0 fully saturated rings. The van der Waals surface area contributed by atoms with Gasteiger partial charge in [0, 0.05) is 12.0 Å². The Hall–Kier alpha value is -1.36. The quantitative estimate of drug-likeness (QED) is 0.616. The van der Waals surface area contributed by atoms with Crippen molar-refractivity contribution in [3.05, 3.63) is 17.5 Å². The molecule has 1 aromatic rings. The van der Waals surface area contributed by atoms with Crippen molar-refractivity contribution in [3.8, 4) is 0 Å². The lowest BCUT2D eigenvalue weighted by atomic mass is 9.96. The molecular formula is C8H10N2O3. The lowest BCUT2D eigenvalue weighted by Gasteiger charge is -2.19. The minimum Gasteiger partial charge on any atom is -0.467 e. The van der Waals surface area contributed by atoms with E-state index in [0.717, 1.165) is 0 Å². The van der Waals surface area contributed by atoms with Crippen LogP contribution in [-0.2, 0) is 21.5 Å². The molecule has 70 valence electrons. The Morgan fingerprint density at radius 3 is 3.31 bits per heavy atom. The molecular weight excluding hydrogens is 172 g/mol. The van der Waals surface area contributed by atoms with Gasteiger partial charge in [-0.15, -0.1) is 0 Å². The summed E-state index contributed by atoms with van der Waals surface area (Å²) in [5, 5.41) is 3.59. The first-order valence-corrected chi connectivity index (χ1v) is 4.00. The Balaban J connectivity index is 2.43. The highest BCUT2D eigenvalue weighted by molar-refractivity contribution is 5.83. The van der Waals surface area contributed by atoms with E-state index in [0.29, 0.717) is 24.2 Å². The fourth-order valence-corrected chi connectivity index (χ4v) is 1.65. The molecule has 0 aliphatic heterocycles.